The minimum atomic E-state index is 1.01. The fraction of sp³-hybridized carbons (Fsp3) is 0.143. The Balaban J connectivity index is 1.80. The van der Waals surface area contributed by atoms with Crippen LogP contribution in [0.15, 0.2) is 62.8 Å². The molecule has 0 aromatic heterocycles. The van der Waals surface area contributed by atoms with Crippen molar-refractivity contribution in [1.29, 1.82) is 0 Å². The largest absolute Gasteiger partial charge is 0.352 e. The number of anilines is 1. The number of hydrogen-bond acceptors (Lipinski definition) is 3. The van der Waals surface area contributed by atoms with Gasteiger partial charge in [-0.3, -0.25) is 0 Å². The predicted octanol–water partition coefficient (Wildman–Crippen LogP) is 5.07. The highest BCUT2D eigenvalue weighted by Gasteiger charge is 2.14. The highest BCUT2D eigenvalue weighted by Crippen LogP contribution is 2.37. The van der Waals surface area contributed by atoms with E-state index < -0.39 is 0 Å². The lowest BCUT2D eigenvalue weighted by atomic mass is 10.3. The first-order valence-electron chi connectivity index (χ1n) is 5.68. The molecule has 0 radical (unpaired) electrons. The third-order valence-electron chi connectivity index (χ3n) is 2.79. The van der Waals surface area contributed by atoms with Gasteiger partial charge in [0.1, 0.15) is 0 Å². The van der Waals surface area contributed by atoms with E-state index in [1.165, 1.54) is 15.5 Å². The maximum atomic E-state index is 3.48. The smallest absolute Gasteiger partial charge is 0.0694 e. The van der Waals surface area contributed by atoms with Gasteiger partial charge in [0.15, 0.2) is 0 Å². The van der Waals surface area contributed by atoms with Crippen LogP contribution >= 0.6 is 39.5 Å². The van der Waals surface area contributed by atoms with Crippen LogP contribution in [-0.4, -0.2) is 11.8 Å². The molecule has 2 aromatic carbocycles. The Labute approximate surface area is 124 Å². The second kappa shape index (κ2) is 5.59. The summed E-state index contributed by atoms with van der Waals surface area (Å²) in [6, 6.07) is 17.2. The SMILES string of the molecule is Brc1ccc(N2CSc3ccccc3SC2)cc1. The van der Waals surface area contributed by atoms with E-state index in [0.29, 0.717) is 0 Å². The van der Waals surface area contributed by atoms with Crippen molar-refractivity contribution < 1.29 is 0 Å². The molecule has 0 bridgehead atoms. The fourth-order valence-corrected chi connectivity index (χ4v) is 4.40. The van der Waals surface area contributed by atoms with Crippen LogP contribution in [0.1, 0.15) is 0 Å². The summed E-state index contributed by atoms with van der Waals surface area (Å²) in [5.74, 6) is 2.01. The van der Waals surface area contributed by atoms with Crippen LogP contribution in [0.5, 0.6) is 0 Å². The van der Waals surface area contributed by atoms with Crippen molar-refractivity contribution in [2.45, 2.75) is 9.79 Å². The van der Waals surface area contributed by atoms with Gasteiger partial charge in [-0.15, -0.1) is 23.5 Å². The molecule has 0 fully saturated rings. The summed E-state index contributed by atoms with van der Waals surface area (Å²) in [5.41, 5.74) is 1.28. The third kappa shape index (κ3) is 2.71. The molecular formula is C14H12BrNS2. The van der Waals surface area contributed by atoms with E-state index in [-0.39, 0.29) is 0 Å². The first-order valence-corrected chi connectivity index (χ1v) is 8.44. The van der Waals surface area contributed by atoms with Crippen molar-refractivity contribution in [3.8, 4) is 0 Å². The minimum Gasteiger partial charge on any atom is -0.352 e. The molecule has 18 heavy (non-hydrogen) atoms. The second-order valence-electron chi connectivity index (χ2n) is 4.01. The predicted molar refractivity (Wildman–Crippen MR) is 84.5 cm³/mol. The lowest BCUT2D eigenvalue weighted by molar-refractivity contribution is 1.07. The zero-order valence-corrected chi connectivity index (χ0v) is 12.9. The molecule has 0 saturated carbocycles. The summed E-state index contributed by atoms with van der Waals surface area (Å²) >= 11 is 7.30. The Bertz CT molecular complexity index is 515. The van der Waals surface area contributed by atoms with Crippen LogP contribution in [0, 0.1) is 0 Å². The lowest BCUT2D eigenvalue weighted by Crippen LogP contribution is -2.20. The molecule has 2 aromatic rings. The number of nitrogens with zero attached hydrogens (tertiary/aromatic N) is 1. The number of benzene rings is 2. The molecule has 0 N–H and O–H groups in total. The maximum absolute atomic E-state index is 3.48. The van der Waals surface area contributed by atoms with E-state index >= 15 is 0 Å². The third-order valence-corrected chi connectivity index (χ3v) is 5.67. The fourth-order valence-electron chi connectivity index (χ4n) is 1.82. The summed E-state index contributed by atoms with van der Waals surface area (Å²) in [6.07, 6.45) is 0. The van der Waals surface area contributed by atoms with E-state index in [0.717, 1.165) is 16.2 Å². The van der Waals surface area contributed by atoms with Gasteiger partial charge in [-0.1, -0.05) is 28.1 Å². The Kier molecular flexibility index (Phi) is 3.87. The van der Waals surface area contributed by atoms with Crippen molar-refractivity contribution >= 4 is 45.1 Å². The van der Waals surface area contributed by atoms with Crippen molar-refractivity contribution in [2.75, 3.05) is 16.7 Å². The van der Waals surface area contributed by atoms with Gasteiger partial charge in [0, 0.05) is 20.0 Å². The van der Waals surface area contributed by atoms with E-state index in [1.807, 2.05) is 23.5 Å². The summed E-state index contributed by atoms with van der Waals surface area (Å²) in [5, 5.41) is 0. The van der Waals surface area contributed by atoms with E-state index in [9.17, 15) is 0 Å². The summed E-state index contributed by atoms with van der Waals surface area (Å²) < 4.78 is 1.13. The highest BCUT2D eigenvalue weighted by atomic mass is 79.9. The van der Waals surface area contributed by atoms with Gasteiger partial charge in [0.2, 0.25) is 0 Å². The van der Waals surface area contributed by atoms with Gasteiger partial charge in [-0.25, -0.2) is 0 Å². The highest BCUT2D eigenvalue weighted by molar-refractivity contribution is 9.10. The lowest BCUT2D eigenvalue weighted by Gasteiger charge is -2.21. The molecule has 1 nitrogen and oxygen atoms in total. The van der Waals surface area contributed by atoms with Crippen LogP contribution in [0.3, 0.4) is 0 Å². The van der Waals surface area contributed by atoms with Crippen LogP contribution in [0.2, 0.25) is 0 Å². The zero-order chi connectivity index (χ0) is 12.4. The first-order chi connectivity index (χ1) is 8.83. The van der Waals surface area contributed by atoms with E-state index in [4.69, 9.17) is 0 Å². The molecule has 1 aliphatic heterocycles. The number of fused-ring (bicyclic) bond motifs is 1. The molecule has 0 spiro atoms. The molecule has 0 unspecified atom stereocenters. The molecule has 3 rings (SSSR count). The van der Waals surface area contributed by atoms with Crippen LogP contribution < -0.4 is 4.90 Å². The van der Waals surface area contributed by atoms with E-state index in [2.05, 4.69) is 69.4 Å². The Hall–Kier alpha value is -0.580. The van der Waals surface area contributed by atoms with Gasteiger partial charge in [-0.05, 0) is 36.4 Å². The summed E-state index contributed by atoms with van der Waals surface area (Å²) in [4.78, 5) is 5.19. The monoisotopic (exact) mass is 337 g/mol. The Morgan fingerprint density at radius 1 is 0.833 bits per heavy atom. The molecular weight excluding hydrogens is 326 g/mol. The molecule has 92 valence electrons. The second-order valence-corrected chi connectivity index (χ2v) is 6.90. The van der Waals surface area contributed by atoms with Crippen molar-refractivity contribution in [3.63, 3.8) is 0 Å². The first kappa shape index (κ1) is 12.5. The van der Waals surface area contributed by atoms with Crippen molar-refractivity contribution in [3.05, 3.63) is 53.0 Å². The van der Waals surface area contributed by atoms with E-state index in [1.54, 1.807) is 0 Å². The standard InChI is InChI=1S/C14H12BrNS2/c15-11-5-7-12(8-6-11)16-9-17-13-3-1-2-4-14(13)18-10-16/h1-8H,9-10H2. The molecule has 0 amide bonds. The van der Waals surface area contributed by atoms with Crippen molar-refractivity contribution in [1.82, 2.24) is 0 Å². The number of thioether (sulfide) groups is 2. The Morgan fingerprint density at radius 3 is 1.94 bits per heavy atom. The maximum Gasteiger partial charge on any atom is 0.0694 e. The molecule has 4 heteroatoms. The number of halogens is 1. The summed E-state index contributed by atoms with van der Waals surface area (Å²) in [7, 11) is 0. The molecule has 0 saturated heterocycles. The quantitative estimate of drug-likeness (QED) is 0.715. The molecule has 0 aliphatic carbocycles. The number of hydrogen-bond donors (Lipinski definition) is 0. The van der Waals surface area contributed by atoms with Gasteiger partial charge < -0.3 is 4.90 Å². The van der Waals surface area contributed by atoms with Crippen LogP contribution in [0.25, 0.3) is 0 Å². The van der Waals surface area contributed by atoms with Gasteiger partial charge in [0.25, 0.3) is 0 Å². The zero-order valence-electron chi connectivity index (χ0n) is 9.67. The van der Waals surface area contributed by atoms with Gasteiger partial charge in [-0.2, -0.15) is 0 Å². The van der Waals surface area contributed by atoms with Crippen LogP contribution in [-0.2, 0) is 0 Å². The van der Waals surface area contributed by atoms with Crippen molar-refractivity contribution in [2.24, 2.45) is 0 Å². The van der Waals surface area contributed by atoms with Gasteiger partial charge >= 0.3 is 0 Å². The molecule has 1 aliphatic rings. The average Bonchev–Trinajstić information content (AvgIpc) is 2.62. The summed E-state index contributed by atoms with van der Waals surface area (Å²) in [6.45, 7) is 0. The molecule has 0 atom stereocenters. The Morgan fingerprint density at radius 2 is 1.39 bits per heavy atom. The topological polar surface area (TPSA) is 3.24 Å². The minimum absolute atomic E-state index is 1.01. The molecule has 1 heterocycles. The number of rotatable bonds is 1. The normalized spacial score (nSPS) is 15.1. The average molecular weight is 338 g/mol. The van der Waals surface area contributed by atoms with Gasteiger partial charge in [0.05, 0.1) is 11.8 Å². The van der Waals surface area contributed by atoms with Crippen LogP contribution in [0.4, 0.5) is 5.69 Å².